The van der Waals surface area contributed by atoms with Crippen LogP contribution in [-0.2, 0) is 0 Å². The van der Waals surface area contributed by atoms with Gasteiger partial charge in [-0.2, -0.15) is 0 Å². The van der Waals surface area contributed by atoms with E-state index < -0.39 is 0 Å². The van der Waals surface area contributed by atoms with Crippen molar-refractivity contribution < 1.29 is 0 Å². The Balaban J connectivity index is 1.26. The monoisotopic (exact) mass is 689 g/mol. The summed E-state index contributed by atoms with van der Waals surface area (Å²) in [5.41, 5.74) is 9.60. The number of hydrogen-bond acceptors (Lipinski definition) is 3. The first-order valence-corrected chi connectivity index (χ1v) is 18.2. The van der Waals surface area contributed by atoms with E-state index in [1.165, 1.54) is 43.4 Å². The summed E-state index contributed by atoms with van der Waals surface area (Å²) >= 11 is 0. The zero-order chi connectivity index (χ0) is 35.6. The summed E-state index contributed by atoms with van der Waals surface area (Å²) < 4.78 is 4.89. The Morgan fingerprint density at radius 1 is 0.296 bits per heavy atom. The van der Waals surface area contributed by atoms with E-state index in [0.29, 0.717) is 17.5 Å². The van der Waals surface area contributed by atoms with Crippen molar-refractivity contribution >= 4 is 54.4 Å². The fourth-order valence-corrected chi connectivity index (χ4v) is 8.23. The normalized spacial score (nSPS) is 11.7. The summed E-state index contributed by atoms with van der Waals surface area (Å²) in [5.74, 6) is 1.91. The molecule has 0 radical (unpaired) electrons. The van der Waals surface area contributed by atoms with Crippen LogP contribution >= 0.6 is 0 Å². The minimum Gasteiger partial charge on any atom is -0.307 e. The quantitative estimate of drug-likeness (QED) is 0.181. The van der Waals surface area contributed by atoms with Crippen LogP contribution in [0.2, 0.25) is 0 Å². The first kappa shape index (κ1) is 30.3. The van der Waals surface area contributed by atoms with Gasteiger partial charge in [-0.25, -0.2) is 15.0 Å². The largest absolute Gasteiger partial charge is 0.307 e. The van der Waals surface area contributed by atoms with Crippen molar-refractivity contribution in [3.05, 3.63) is 188 Å². The lowest BCUT2D eigenvalue weighted by Crippen LogP contribution is -2.01. The zero-order valence-corrected chi connectivity index (χ0v) is 29.1. The highest BCUT2D eigenvalue weighted by Crippen LogP contribution is 2.46. The predicted molar refractivity (Wildman–Crippen MR) is 222 cm³/mol. The predicted octanol–water partition coefficient (Wildman–Crippen LogP) is 12.2. The summed E-state index contributed by atoms with van der Waals surface area (Å²) in [5, 5.41) is 7.40. The lowest BCUT2D eigenvalue weighted by atomic mass is 9.98. The van der Waals surface area contributed by atoms with Crippen molar-refractivity contribution in [3.8, 4) is 45.5 Å². The fraction of sp³-hybridized carbons (Fsp3) is 0. The SMILES string of the molecule is c1ccc(-c2nc(-c3ccccc3)nc(-c3cccc(-n4c5ccccc5c5c6ccccc6c6c7ccccc7n(-c7ccccc7)c6c54)c3)n2)cc1. The maximum atomic E-state index is 5.08. The van der Waals surface area contributed by atoms with Crippen LogP contribution in [0.15, 0.2) is 188 Å². The molecule has 8 aromatic carbocycles. The molecule has 5 nitrogen and oxygen atoms in total. The smallest absolute Gasteiger partial charge is 0.164 e. The molecule has 11 aromatic rings. The van der Waals surface area contributed by atoms with Crippen molar-refractivity contribution in [1.29, 1.82) is 0 Å². The topological polar surface area (TPSA) is 48.5 Å². The Morgan fingerprint density at radius 2 is 0.667 bits per heavy atom. The lowest BCUT2D eigenvalue weighted by Gasteiger charge is -2.15. The maximum absolute atomic E-state index is 5.08. The number of nitrogens with zero attached hydrogens (tertiary/aromatic N) is 5. The van der Waals surface area contributed by atoms with E-state index in [9.17, 15) is 0 Å². The van der Waals surface area contributed by atoms with Gasteiger partial charge in [0.1, 0.15) is 0 Å². The van der Waals surface area contributed by atoms with E-state index in [-0.39, 0.29) is 0 Å². The Bertz CT molecular complexity index is 3140. The molecule has 0 bridgehead atoms. The van der Waals surface area contributed by atoms with Gasteiger partial charge in [0.05, 0.1) is 22.1 Å². The first-order chi connectivity index (χ1) is 26.8. The van der Waals surface area contributed by atoms with E-state index >= 15 is 0 Å². The summed E-state index contributed by atoms with van der Waals surface area (Å²) in [6.45, 7) is 0. The average molecular weight is 690 g/mol. The van der Waals surface area contributed by atoms with Gasteiger partial charge < -0.3 is 9.13 Å². The molecule has 3 aromatic heterocycles. The van der Waals surface area contributed by atoms with E-state index in [0.717, 1.165) is 39.1 Å². The number of aromatic nitrogens is 5. The molecule has 0 atom stereocenters. The van der Waals surface area contributed by atoms with Gasteiger partial charge in [-0.15, -0.1) is 0 Å². The molecule has 0 spiro atoms. The molecule has 0 aliphatic rings. The Kier molecular flexibility index (Phi) is 6.79. The van der Waals surface area contributed by atoms with E-state index in [1.54, 1.807) is 0 Å². The third-order valence-electron chi connectivity index (χ3n) is 10.5. The molecule has 252 valence electrons. The number of benzene rings is 8. The van der Waals surface area contributed by atoms with Gasteiger partial charge in [0.15, 0.2) is 17.5 Å². The molecule has 54 heavy (non-hydrogen) atoms. The Morgan fingerprint density at radius 3 is 1.19 bits per heavy atom. The molecule has 11 rings (SSSR count). The van der Waals surface area contributed by atoms with Crippen LogP contribution in [0.3, 0.4) is 0 Å². The number of fused-ring (bicyclic) bond motifs is 10. The van der Waals surface area contributed by atoms with Gasteiger partial charge in [0, 0.05) is 49.6 Å². The zero-order valence-electron chi connectivity index (χ0n) is 29.1. The highest BCUT2D eigenvalue weighted by atomic mass is 15.1. The summed E-state index contributed by atoms with van der Waals surface area (Å²) in [6.07, 6.45) is 0. The third kappa shape index (κ3) is 4.62. The molecule has 5 heteroatoms. The summed E-state index contributed by atoms with van der Waals surface area (Å²) in [6, 6.07) is 66.1. The highest BCUT2D eigenvalue weighted by molar-refractivity contribution is 6.36. The maximum Gasteiger partial charge on any atom is 0.164 e. The standard InChI is InChI=1S/C49H31N5/c1-4-17-32(18-5-1)47-50-48(33-19-6-2-7-20-33)52-49(51-47)34-21-16-24-36(31-34)54-42-30-15-13-28-40(42)44-38-26-11-10-25-37(38)43-39-27-12-14-29-41(39)53(45(43)46(44)54)35-22-8-3-9-23-35/h1-31H. The second-order valence-corrected chi connectivity index (χ2v) is 13.6. The average Bonchev–Trinajstić information content (AvgIpc) is 3.79. The van der Waals surface area contributed by atoms with Gasteiger partial charge in [0.2, 0.25) is 0 Å². The van der Waals surface area contributed by atoms with Crippen LogP contribution in [0.5, 0.6) is 0 Å². The Hall–Kier alpha value is -7.37. The van der Waals surface area contributed by atoms with Crippen LogP contribution in [0.25, 0.3) is 99.9 Å². The van der Waals surface area contributed by atoms with E-state index in [2.05, 4.69) is 137 Å². The lowest BCUT2D eigenvalue weighted by molar-refractivity contribution is 1.07. The molecular weight excluding hydrogens is 659 g/mol. The number of rotatable bonds is 5. The van der Waals surface area contributed by atoms with Crippen molar-refractivity contribution in [2.24, 2.45) is 0 Å². The number of para-hydroxylation sites is 3. The van der Waals surface area contributed by atoms with E-state index in [1.807, 2.05) is 60.7 Å². The minimum atomic E-state index is 0.624. The van der Waals surface area contributed by atoms with Gasteiger partial charge in [0.25, 0.3) is 0 Å². The molecule has 0 amide bonds. The van der Waals surface area contributed by atoms with E-state index in [4.69, 9.17) is 15.0 Å². The van der Waals surface area contributed by atoms with Crippen LogP contribution in [0, 0.1) is 0 Å². The van der Waals surface area contributed by atoms with Crippen molar-refractivity contribution in [2.45, 2.75) is 0 Å². The van der Waals surface area contributed by atoms with Crippen LogP contribution < -0.4 is 0 Å². The van der Waals surface area contributed by atoms with Gasteiger partial charge >= 0.3 is 0 Å². The minimum absolute atomic E-state index is 0.624. The third-order valence-corrected chi connectivity index (χ3v) is 10.5. The van der Waals surface area contributed by atoms with Gasteiger partial charge in [-0.3, -0.25) is 0 Å². The summed E-state index contributed by atoms with van der Waals surface area (Å²) in [4.78, 5) is 15.1. The molecule has 0 aliphatic carbocycles. The molecule has 0 unspecified atom stereocenters. The Labute approximate surface area is 311 Å². The van der Waals surface area contributed by atoms with Crippen LogP contribution in [0.1, 0.15) is 0 Å². The second kappa shape index (κ2) is 12.1. The molecular formula is C49H31N5. The fourth-order valence-electron chi connectivity index (χ4n) is 8.23. The van der Waals surface area contributed by atoms with Crippen molar-refractivity contribution in [2.75, 3.05) is 0 Å². The van der Waals surface area contributed by atoms with Crippen molar-refractivity contribution in [3.63, 3.8) is 0 Å². The molecule has 0 fully saturated rings. The summed E-state index contributed by atoms with van der Waals surface area (Å²) in [7, 11) is 0. The molecule has 0 aliphatic heterocycles. The highest BCUT2D eigenvalue weighted by Gasteiger charge is 2.24. The van der Waals surface area contributed by atoms with Crippen LogP contribution in [0.4, 0.5) is 0 Å². The van der Waals surface area contributed by atoms with Crippen LogP contribution in [-0.4, -0.2) is 24.1 Å². The molecule has 3 heterocycles. The van der Waals surface area contributed by atoms with Gasteiger partial charge in [-0.1, -0.05) is 152 Å². The number of hydrogen-bond donors (Lipinski definition) is 0. The van der Waals surface area contributed by atoms with Crippen molar-refractivity contribution in [1.82, 2.24) is 24.1 Å². The molecule has 0 N–H and O–H groups in total. The molecule has 0 saturated heterocycles. The second-order valence-electron chi connectivity index (χ2n) is 13.6. The van der Waals surface area contributed by atoms with Gasteiger partial charge in [-0.05, 0) is 47.2 Å². The molecule has 0 saturated carbocycles. The first-order valence-electron chi connectivity index (χ1n) is 18.2.